The van der Waals surface area contributed by atoms with Crippen molar-refractivity contribution in [2.24, 2.45) is 0 Å². The molecule has 5 aromatic heterocycles. The van der Waals surface area contributed by atoms with E-state index in [0.717, 1.165) is 17.1 Å². The Balaban J connectivity index is 0.770. The third-order valence-corrected chi connectivity index (χ3v) is 21.4. The van der Waals surface area contributed by atoms with Crippen LogP contribution in [0, 0.1) is 0 Å². The van der Waals surface area contributed by atoms with Crippen molar-refractivity contribution < 1.29 is 0 Å². The van der Waals surface area contributed by atoms with Gasteiger partial charge in [-0.25, -0.2) is 0 Å². The Morgan fingerprint density at radius 2 is 0.802 bits per heavy atom. The third kappa shape index (κ3) is 6.67. The van der Waals surface area contributed by atoms with Crippen molar-refractivity contribution in [2.75, 3.05) is 0 Å². The lowest BCUT2D eigenvalue weighted by Crippen LogP contribution is -2.14. The highest BCUT2D eigenvalue weighted by atomic mass is 32.1. The summed E-state index contributed by atoms with van der Waals surface area (Å²) in [6.07, 6.45) is 0. The van der Waals surface area contributed by atoms with Gasteiger partial charge in [0.25, 0.3) is 0 Å². The Labute approximate surface area is 503 Å². The lowest BCUT2D eigenvalue weighted by molar-refractivity contribution is 0.660. The molecule has 0 atom stereocenters. The van der Waals surface area contributed by atoms with Crippen LogP contribution in [0.5, 0.6) is 0 Å². The van der Waals surface area contributed by atoms with Gasteiger partial charge in [-0.2, -0.15) is 0 Å². The maximum Gasteiger partial charge on any atom is 0.0719 e. The summed E-state index contributed by atoms with van der Waals surface area (Å²) in [6.45, 7) is 4.73. The monoisotopic (exact) mass is 1130 g/mol. The molecule has 86 heavy (non-hydrogen) atoms. The van der Waals surface area contributed by atoms with Crippen LogP contribution in [0.15, 0.2) is 273 Å². The van der Waals surface area contributed by atoms with E-state index < -0.39 is 0 Å². The van der Waals surface area contributed by atoms with Gasteiger partial charge in [0, 0.05) is 85.7 Å². The molecule has 0 amide bonds. The van der Waals surface area contributed by atoms with Gasteiger partial charge < -0.3 is 13.7 Å². The number of thiophene rings is 2. The summed E-state index contributed by atoms with van der Waals surface area (Å²) < 4.78 is 12.7. The van der Waals surface area contributed by atoms with Gasteiger partial charge in [-0.15, -0.1) is 22.7 Å². The number of nitrogens with zero attached hydrogens (tertiary/aromatic N) is 3. The summed E-state index contributed by atoms with van der Waals surface area (Å²) in [6, 6.07) is 102. The summed E-state index contributed by atoms with van der Waals surface area (Å²) >= 11 is 3.81. The van der Waals surface area contributed by atoms with Crippen molar-refractivity contribution in [3.05, 3.63) is 284 Å². The second-order valence-corrected chi connectivity index (χ2v) is 26.0. The lowest BCUT2D eigenvalue weighted by atomic mass is 9.82. The molecule has 0 unspecified atom stereocenters. The van der Waals surface area contributed by atoms with E-state index in [-0.39, 0.29) is 5.41 Å². The average Bonchev–Trinajstić information content (AvgIpc) is 1.79. The summed E-state index contributed by atoms with van der Waals surface area (Å²) in [5.41, 5.74) is 23.5. The van der Waals surface area contributed by atoms with Crippen molar-refractivity contribution in [2.45, 2.75) is 19.3 Å². The second-order valence-electron chi connectivity index (χ2n) is 23.9. The number of aromatic nitrogens is 3. The van der Waals surface area contributed by atoms with E-state index in [1.54, 1.807) is 0 Å². The predicted molar refractivity (Wildman–Crippen MR) is 369 cm³/mol. The first kappa shape index (κ1) is 48.1. The van der Waals surface area contributed by atoms with E-state index in [4.69, 9.17) is 0 Å². The number of rotatable bonds is 6. The molecule has 18 aromatic rings. The van der Waals surface area contributed by atoms with Crippen LogP contribution in [0.3, 0.4) is 0 Å². The summed E-state index contributed by atoms with van der Waals surface area (Å²) in [5, 5.41) is 12.7. The van der Waals surface area contributed by atoms with Gasteiger partial charge in [0.05, 0.1) is 42.5 Å². The zero-order chi connectivity index (χ0) is 56.5. The first-order chi connectivity index (χ1) is 42.4. The number of hydrogen-bond donors (Lipinski definition) is 0. The predicted octanol–water partition coefficient (Wildman–Crippen LogP) is 23.0. The van der Waals surface area contributed by atoms with E-state index in [0.29, 0.717) is 0 Å². The molecule has 0 radical (unpaired) electrons. The molecule has 0 saturated carbocycles. The minimum absolute atomic E-state index is 0.0629. The van der Waals surface area contributed by atoms with Crippen molar-refractivity contribution >= 4 is 128 Å². The molecule has 19 rings (SSSR count). The van der Waals surface area contributed by atoms with Gasteiger partial charge in [0.2, 0.25) is 0 Å². The molecule has 0 fully saturated rings. The molecule has 5 heteroatoms. The van der Waals surface area contributed by atoms with Crippen LogP contribution in [0.4, 0.5) is 0 Å². The first-order valence-electron chi connectivity index (χ1n) is 29.7. The van der Waals surface area contributed by atoms with Crippen molar-refractivity contribution in [3.8, 4) is 61.6 Å². The molecule has 0 bridgehead atoms. The van der Waals surface area contributed by atoms with Gasteiger partial charge in [0.1, 0.15) is 0 Å². The van der Waals surface area contributed by atoms with E-state index in [2.05, 4.69) is 301 Å². The van der Waals surface area contributed by atoms with E-state index in [9.17, 15) is 0 Å². The van der Waals surface area contributed by atoms with Crippen LogP contribution in [0.2, 0.25) is 0 Å². The molecule has 13 aromatic carbocycles. The van der Waals surface area contributed by atoms with E-state index in [1.165, 1.54) is 161 Å². The minimum atomic E-state index is -0.0629. The number of hydrogen-bond acceptors (Lipinski definition) is 2. The smallest absolute Gasteiger partial charge is 0.0719 e. The highest BCUT2D eigenvalue weighted by molar-refractivity contribution is 7.27. The fraction of sp³-hybridized carbons (Fsp3) is 0.0370. The number of benzene rings is 13. The fourth-order valence-corrected chi connectivity index (χ4v) is 17.6. The Bertz CT molecular complexity index is 5920. The van der Waals surface area contributed by atoms with Crippen LogP contribution in [0.1, 0.15) is 25.0 Å². The van der Waals surface area contributed by atoms with E-state index in [1.807, 2.05) is 22.7 Å². The van der Waals surface area contributed by atoms with Crippen molar-refractivity contribution in [1.29, 1.82) is 0 Å². The lowest BCUT2D eigenvalue weighted by Gasteiger charge is -2.21. The van der Waals surface area contributed by atoms with Gasteiger partial charge >= 0.3 is 0 Å². The molecule has 5 heterocycles. The highest BCUT2D eigenvalue weighted by Crippen LogP contribution is 2.53. The van der Waals surface area contributed by atoms with Crippen LogP contribution in [-0.4, -0.2) is 13.7 Å². The van der Waals surface area contributed by atoms with Crippen LogP contribution >= 0.6 is 22.7 Å². The Morgan fingerprint density at radius 3 is 1.62 bits per heavy atom. The van der Waals surface area contributed by atoms with Crippen LogP contribution in [-0.2, 0) is 5.41 Å². The Kier molecular flexibility index (Phi) is 10.00. The van der Waals surface area contributed by atoms with Crippen LogP contribution in [0.25, 0.3) is 167 Å². The van der Waals surface area contributed by atoms with Gasteiger partial charge in [-0.1, -0.05) is 208 Å². The van der Waals surface area contributed by atoms with Crippen LogP contribution < -0.4 is 0 Å². The SMILES string of the molecule is CC1(C)c2ccccc2-c2c(-c3ccc(-n4c5cc(-c6ccc7sc8c(ccc9c%10ccccc%10n(-c%10cccc(-c%11cccc%12c%11c%11ccccc%11n%12-c%11ccccc%11)c%10)c98)c7c6)ccc5c5ccc6c7ccccc7sc6c54)cc3)cccc21. The highest BCUT2D eigenvalue weighted by Gasteiger charge is 2.36. The first-order valence-corrected chi connectivity index (χ1v) is 31.4. The summed E-state index contributed by atoms with van der Waals surface area (Å²) in [4.78, 5) is 0. The Morgan fingerprint density at radius 1 is 0.279 bits per heavy atom. The molecular formula is C81H51N3S2. The zero-order valence-corrected chi connectivity index (χ0v) is 48.8. The topological polar surface area (TPSA) is 14.8 Å². The standard InChI is InChI=1S/C81H51N3S2/c1-81(2)67-27-10-6-23-64(67)75-55(25-15-28-68(75)81)48-33-37-53(38-34-48)83-72-47-50(35-39-58(72)61-40-42-62-59-22-9-13-32-73(59)85-79(62)77(61)83)49-36-44-74-66(46-49)63-43-41-60-57-21-7-11-29-69(57)84(78(60)80(63)86-74)54-20-14-17-51(45-54)56-26-16-31-71-76(56)65-24-8-12-30-70(65)82(71)52-18-4-3-5-19-52/h3-47H,1-2H3. The molecule has 1 aliphatic carbocycles. The van der Waals surface area contributed by atoms with Crippen molar-refractivity contribution in [3.63, 3.8) is 0 Å². The second kappa shape index (κ2) is 17.9. The molecular weight excluding hydrogens is 1080 g/mol. The molecule has 0 aliphatic heterocycles. The van der Waals surface area contributed by atoms with Gasteiger partial charge in [-0.05, 0) is 134 Å². The quantitative estimate of drug-likeness (QED) is 0.158. The Hall–Kier alpha value is -10.3. The largest absolute Gasteiger partial charge is 0.309 e. The molecule has 3 nitrogen and oxygen atoms in total. The minimum Gasteiger partial charge on any atom is -0.309 e. The summed E-state index contributed by atoms with van der Waals surface area (Å²) in [5.74, 6) is 0. The van der Waals surface area contributed by atoms with E-state index >= 15 is 0 Å². The molecule has 0 spiro atoms. The average molecular weight is 1130 g/mol. The number of fused-ring (bicyclic) bond motifs is 20. The zero-order valence-electron chi connectivity index (χ0n) is 47.1. The normalized spacial score (nSPS) is 13.1. The maximum atomic E-state index is 2.55. The molecule has 0 saturated heterocycles. The summed E-state index contributed by atoms with van der Waals surface area (Å²) in [7, 11) is 0. The maximum absolute atomic E-state index is 2.55. The van der Waals surface area contributed by atoms with Gasteiger partial charge in [-0.3, -0.25) is 0 Å². The fourth-order valence-electron chi connectivity index (χ4n) is 15.2. The third-order valence-electron chi connectivity index (χ3n) is 19.0. The van der Waals surface area contributed by atoms with Gasteiger partial charge in [0.15, 0.2) is 0 Å². The molecule has 0 N–H and O–H groups in total. The molecule has 402 valence electrons. The van der Waals surface area contributed by atoms with Crippen molar-refractivity contribution in [1.82, 2.24) is 13.7 Å². The molecule has 1 aliphatic rings. The number of para-hydroxylation sites is 3.